The zero-order chi connectivity index (χ0) is 17.1. The second-order valence-electron chi connectivity index (χ2n) is 5.78. The molecule has 5 atom stereocenters. The molecule has 4 heterocycles. The van der Waals surface area contributed by atoms with E-state index in [9.17, 15) is 14.5 Å². The minimum Gasteiger partial charge on any atom is -0.387 e. The van der Waals surface area contributed by atoms with Gasteiger partial charge in [0.05, 0.1) is 12.9 Å². The zero-order valence-electron chi connectivity index (χ0n) is 12.6. The molecule has 0 spiro atoms. The number of hydrogen-bond donors (Lipinski definition) is 3. The average Bonchev–Trinajstić information content (AvgIpc) is 3.15. The molecule has 4 N–H and O–H groups in total. The molecule has 0 aliphatic carbocycles. The van der Waals surface area contributed by atoms with Gasteiger partial charge in [-0.05, 0) is 4.57 Å². The fraction of sp³-hybridized carbons (Fsp3) is 0.583. The van der Waals surface area contributed by atoms with E-state index in [4.69, 9.17) is 19.7 Å². The number of ether oxygens (including phenoxy) is 2. The topological polar surface area (TPSA) is 155 Å². The summed E-state index contributed by atoms with van der Waals surface area (Å²) in [5.41, 5.74) is 4.31. The summed E-state index contributed by atoms with van der Waals surface area (Å²) in [6.45, 7) is 1.46. The number of hydrogen-bond acceptors (Lipinski definition) is 9. The number of nitrogens with two attached hydrogens (primary N) is 1. The molecule has 0 saturated carbocycles. The summed E-state index contributed by atoms with van der Waals surface area (Å²) in [7, 11) is -1.84. The van der Waals surface area contributed by atoms with E-state index in [1.165, 1.54) is 17.6 Å². The molecule has 0 aromatic carbocycles. The second kappa shape index (κ2) is 5.30. The van der Waals surface area contributed by atoms with Gasteiger partial charge in [-0.2, -0.15) is 4.98 Å². The third kappa shape index (κ3) is 2.17. The molecule has 2 saturated heterocycles. The number of aromatic amines is 1. The number of nitrogens with zero attached hydrogens (tertiary/aromatic N) is 3. The van der Waals surface area contributed by atoms with Crippen molar-refractivity contribution in [2.24, 2.45) is 0 Å². The number of nitrogens with one attached hydrogen (secondary N) is 1. The third-order valence-corrected chi connectivity index (χ3v) is 4.72. The van der Waals surface area contributed by atoms with Gasteiger partial charge in [-0.3, -0.25) is 14.3 Å². The van der Waals surface area contributed by atoms with Crippen LogP contribution in [-0.4, -0.2) is 62.3 Å². The highest BCUT2D eigenvalue weighted by atomic mass is 31.1. The number of anilines is 1. The maximum Gasteiger partial charge on any atom is 0.504 e. The van der Waals surface area contributed by atoms with E-state index in [1.54, 1.807) is 0 Å². The Kier molecular flexibility index (Phi) is 3.44. The minimum atomic E-state index is -1.84. The Labute approximate surface area is 135 Å². The van der Waals surface area contributed by atoms with E-state index in [0.29, 0.717) is 0 Å². The van der Waals surface area contributed by atoms with Crippen LogP contribution in [0.15, 0.2) is 11.1 Å². The summed E-state index contributed by atoms with van der Waals surface area (Å²) in [6.07, 6.45) is -1.05. The van der Waals surface area contributed by atoms with Crippen LogP contribution in [0, 0.1) is 0 Å². The molecule has 12 heteroatoms. The van der Waals surface area contributed by atoms with Crippen molar-refractivity contribution in [3.63, 3.8) is 0 Å². The standard InChI is InChI=1S/C12H14N5O6P/c1-24(20)22-3-12-2-21-6(7(12)18)10(23-12)17-4-14-5-8(17)15-11(13)16-9(5)19/h4,6-7,10,18H,2-3H2,1H3,(H2-,13,15,16,19)/p+1/t6-,7+,10-,12-/m1/s1. The zero-order valence-corrected chi connectivity index (χ0v) is 13.5. The second-order valence-corrected chi connectivity index (χ2v) is 6.92. The molecule has 2 aliphatic heterocycles. The maximum absolute atomic E-state index is 11.9. The van der Waals surface area contributed by atoms with Crippen molar-refractivity contribution in [2.45, 2.75) is 24.0 Å². The lowest BCUT2D eigenvalue weighted by Gasteiger charge is -2.29. The molecule has 0 amide bonds. The predicted octanol–water partition coefficient (Wildman–Crippen LogP) is -0.882. The first-order chi connectivity index (χ1) is 11.4. The fourth-order valence-corrected chi connectivity index (χ4v) is 3.47. The van der Waals surface area contributed by atoms with Gasteiger partial charge in [0, 0.05) is 0 Å². The molecule has 2 aromatic heterocycles. The largest absolute Gasteiger partial charge is 0.504 e. The van der Waals surface area contributed by atoms with Crippen molar-refractivity contribution in [2.75, 3.05) is 25.6 Å². The molecule has 11 nitrogen and oxygen atoms in total. The number of imidazole rings is 1. The lowest BCUT2D eigenvalue weighted by atomic mass is 10.0. The normalized spacial score (nSPS) is 32.6. The average molecular weight is 356 g/mol. The van der Waals surface area contributed by atoms with Gasteiger partial charge in [-0.25, -0.2) is 4.98 Å². The van der Waals surface area contributed by atoms with Crippen LogP contribution in [0.2, 0.25) is 0 Å². The van der Waals surface area contributed by atoms with Gasteiger partial charge >= 0.3 is 8.03 Å². The monoisotopic (exact) mass is 356 g/mol. The quantitative estimate of drug-likeness (QED) is 0.592. The van der Waals surface area contributed by atoms with Crippen LogP contribution in [0.25, 0.3) is 11.2 Å². The summed E-state index contributed by atoms with van der Waals surface area (Å²) >= 11 is 0. The lowest BCUT2D eigenvalue weighted by molar-refractivity contribution is -0.182. The molecule has 4 rings (SSSR count). The van der Waals surface area contributed by atoms with Crippen molar-refractivity contribution in [3.05, 3.63) is 16.7 Å². The SMILES string of the molecule is C[P+](=O)OC[C@@]12CO[C@@H]([C@H](n3cnc4c(=O)[nH]c(N)nc43)O1)[C@@H]2O. The van der Waals surface area contributed by atoms with E-state index in [0.717, 1.165) is 0 Å². The van der Waals surface area contributed by atoms with Crippen LogP contribution in [0.5, 0.6) is 0 Å². The first kappa shape index (κ1) is 15.6. The van der Waals surface area contributed by atoms with Crippen LogP contribution in [0.4, 0.5) is 5.95 Å². The van der Waals surface area contributed by atoms with Crippen molar-refractivity contribution >= 4 is 25.1 Å². The highest BCUT2D eigenvalue weighted by Gasteiger charge is 2.63. The third-order valence-electron chi connectivity index (χ3n) is 4.22. The van der Waals surface area contributed by atoms with Gasteiger partial charge in [-0.15, -0.1) is 4.52 Å². The van der Waals surface area contributed by atoms with Crippen LogP contribution in [0.1, 0.15) is 6.23 Å². The first-order valence-corrected chi connectivity index (χ1v) is 8.77. The van der Waals surface area contributed by atoms with Gasteiger partial charge in [-0.1, -0.05) is 0 Å². The van der Waals surface area contributed by atoms with Gasteiger partial charge in [0.25, 0.3) is 5.56 Å². The number of aliphatic hydroxyl groups excluding tert-OH is 1. The Morgan fingerprint density at radius 1 is 1.67 bits per heavy atom. The molecule has 1 unspecified atom stereocenters. The number of rotatable bonds is 4. The molecule has 2 aliphatic rings. The number of H-pyrrole nitrogens is 1. The van der Waals surface area contributed by atoms with Gasteiger partial charge in [0.15, 0.2) is 29.7 Å². The Morgan fingerprint density at radius 2 is 2.46 bits per heavy atom. The van der Waals surface area contributed by atoms with Crippen molar-refractivity contribution in [1.82, 2.24) is 19.5 Å². The lowest BCUT2D eigenvalue weighted by Crippen LogP contribution is -2.44. The van der Waals surface area contributed by atoms with Crippen molar-refractivity contribution in [3.8, 4) is 0 Å². The molecule has 128 valence electrons. The summed E-state index contributed by atoms with van der Waals surface area (Å²) in [6, 6.07) is 0. The number of aliphatic hydroxyl groups is 1. The summed E-state index contributed by atoms with van der Waals surface area (Å²) in [5.74, 6) is -0.0556. The Hall–Kier alpha value is -1.91. The van der Waals surface area contributed by atoms with E-state index in [1.807, 2.05) is 0 Å². The summed E-state index contributed by atoms with van der Waals surface area (Å²) in [4.78, 5) is 22.3. The van der Waals surface area contributed by atoms with E-state index >= 15 is 0 Å². The van der Waals surface area contributed by atoms with Crippen molar-refractivity contribution < 1.29 is 23.7 Å². The fourth-order valence-electron chi connectivity index (χ4n) is 3.07. The highest BCUT2D eigenvalue weighted by Crippen LogP contribution is 2.46. The molecule has 0 radical (unpaired) electrons. The van der Waals surface area contributed by atoms with Crippen LogP contribution in [0.3, 0.4) is 0 Å². The van der Waals surface area contributed by atoms with E-state index < -0.39 is 37.6 Å². The van der Waals surface area contributed by atoms with Crippen LogP contribution >= 0.6 is 8.03 Å². The molecular formula is C12H15N5O6P+. The molecular weight excluding hydrogens is 341 g/mol. The van der Waals surface area contributed by atoms with Gasteiger partial charge < -0.3 is 20.3 Å². The molecule has 24 heavy (non-hydrogen) atoms. The summed E-state index contributed by atoms with van der Waals surface area (Å²) in [5, 5.41) is 10.5. The number of fused-ring (bicyclic) bond motifs is 3. The molecule has 2 aromatic rings. The van der Waals surface area contributed by atoms with Gasteiger partial charge in [0.2, 0.25) is 5.95 Å². The molecule has 2 bridgehead atoms. The molecule has 2 fully saturated rings. The highest BCUT2D eigenvalue weighted by molar-refractivity contribution is 7.38. The van der Waals surface area contributed by atoms with Gasteiger partial charge in [0.1, 0.15) is 18.8 Å². The van der Waals surface area contributed by atoms with Crippen molar-refractivity contribution in [1.29, 1.82) is 0 Å². The van der Waals surface area contributed by atoms with Crippen LogP contribution < -0.4 is 11.3 Å². The number of aromatic nitrogens is 4. The maximum atomic E-state index is 11.9. The Morgan fingerprint density at radius 3 is 3.21 bits per heavy atom. The first-order valence-electron chi connectivity index (χ1n) is 7.15. The number of nitrogen functional groups attached to an aromatic ring is 1. The summed E-state index contributed by atoms with van der Waals surface area (Å²) < 4.78 is 29.4. The minimum absolute atomic E-state index is 0.0556. The Balaban J connectivity index is 1.72. The van der Waals surface area contributed by atoms with E-state index in [2.05, 4.69) is 15.0 Å². The van der Waals surface area contributed by atoms with E-state index in [-0.39, 0.29) is 30.3 Å². The Bertz CT molecular complexity index is 882. The van der Waals surface area contributed by atoms with Crippen LogP contribution in [-0.2, 0) is 18.6 Å². The predicted molar refractivity (Wildman–Crippen MR) is 80.6 cm³/mol. The smallest absolute Gasteiger partial charge is 0.387 e.